The van der Waals surface area contributed by atoms with Gasteiger partial charge in [0.1, 0.15) is 0 Å². The Morgan fingerprint density at radius 2 is 2.11 bits per heavy atom. The van der Waals surface area contributed by atoms with Crippen LogP contribution in [0.4, 0.5) is 0 Å². The fourth-order valence-electron chi connectivity index (χ4n) is 3.15. The zero-order valence-electron chi connectivity index (χ0n) is 12.2. The van der Waals surface area contributed by atoms with Gasteiger partial charge < -0.3 is 5.32 Å². The SMILES string of the molecule is CCNC(c1sccc1Cl)C(C)(CC)N1CCCC1. The molecule has 0 aliphatic carbocycles. The van der Waals surface area contributed by atoms with E-state index in [1.54, 1.807) is 11.3 Å². The van der Waals surface area contributed by atoms with Gasteiger partial charge in [-0.2, -0.15) is 0 Å². The lowest BCUT2D eigenvalue weighted by Gasteiger charge is -2.44. The van der Waals surface area contributed by atoms with Crippen molar-refractivity contribution in [3.8, 4) is 0 Å². The van der Waals surface area contributed by atoms with Gasteiger partial charge in [0, 0.05) is 10.4 Å². The van der Waals surface area contributed by atoms with Crippen molar-refractivity contribution >= 4 is 22.9 Å². The van der Waals surface area contributed by atoms with Gasteiger partial charge in [-0.15, -0.1) is 11.3 Å². The van der Waals surface area contributed by atoms with Crippen LogP contribution in [0.3, 0.4) is 0 Å². The van der Waals surface area contributed by atoms with Crippen LogP contribution in [-0.4, -0.2) is 30.1 Å². The first-order valence-corrected chi connectivity index (χ1v) is 8.60. The van der Waals surface area contributed by atoms with Crippen molar-refractivity contribution in [2.75, 3.05) is 19.6 Å². The molecule has 0 amide bonds. The van der Waals surface area contributed by atoms with Crippen LogP contribution in [-0.2, 0) is 0 Å². The summed E-state index contributed by atoms with van der Waals surface area (Å²) in [6.07, 6.45) is 3.79. The van der Waals surface area contributed by atoms with Crippen LogP contribution < -0.4 is 5.32 Å². The summed E-state index contributed by atoms with van der Waals surface area (Å²) >= 11 is 8.17. The van der Waals surface area contributed by atoms with Gasteiger partial charge in [-0.1, -0.05) is 25.4 Å². The van der Waals surface area contributed by atoms with Crippen molar-refractivity contribution in [1.29, 1.82) is 0 Å². The summed E-state index contributed by atoms with van der Waals surface area (Å²) in [4.78, 5) is 3.94. The van der Waals surface area contributed by atoms with Gasteiger partial charge >= 0.3 is 0 Å². The van der Waals surface area contributed by atoms with E-state index in [0.29, 0.717) is 6.04 Å². The zero-order chi connectivity index (χ0) is 13.9. The highest BCUT2D eigenvalue weighted by atomic mass is 35.5. The Hall–Kier alpha value is -0.0900. The minimum Gasteiger partial charge on any atom is -0.308 e. The van der Waals surface area contributed by atoms with Crippen molar-refractivity contribution in [3.63, 3.8) is 0 Å². The summed E-state index contributed by atoms with van der Waals surface area (Å²) in [5, 5.41) is 6.69. The van der Waals surface area contributed by atoms with Crippen LogP contribution >= 0.6 is 22.9 Å². The molecule has 0 aromatic carbocycles. The molecule has 2 atom stereocenters. The Morgan fingerprint density at radius 3 is 2.58 bits per heavy atom. The number of nitrogens with zero attached hydrogens (tertiary/aromatic N) is 1. The maximum atomic E-state index is 6.39. The molecule has 2 nitrogen and oxygen atoms in total. The molecule has 4 heteroatoms. The number of rotatable bonds is 6. The first-order chi connectivity index (χ1) is 9.13. The monoisotopic (exact) mass is 300 g/mol. The number of nitrogens with one attached hydrogen (secondary N) is 1. The molecule has 1 aromatic rings. The molecule has 0 spiro atoms. The van der Waals surface area contributed by atoms with E-state index in [4.69, 9.17) is 11.6 Å². The average molecular weight is 301 g/mol. The van der Waals surface area contributed by atoms with Crippen LogP contribution in [0.25, 0.3) is 0 Å². The first kappa shape index (κ1) is 15.3. The summed E-state index contributed by atoms with van der Waals surface area (Å²) in [5.41, 5.74) is 0.154. The van der Waals surface area contributed by atoms with Crippen LogP contribution in [0.2, 0.25) is 5.02 Å². The molecule has 1 aromatic heterocycles. The molecule has 0 saturated carbocycles. The minimum atomic E-state index is 0.154. The van der Waals surface area contributed by atoms with Gasteiger partial charge in [-0.05, 0) is 57.3 Å². The number of thiophene rings is 1. The number of halogens is 1. The largest absolute Gasteiger partial charge is 0.308 e. The molecule has 108 valence electrons. The van der Waals surface area contributed by atoms with Crippen LogP contribution in [0.5, 0.6) is 0 Å². The third-order valence-corrected chi connectivity index (χ3v) is 5.90. The van der Waals surface area contributed by atoms with Gasteiger partial charge in [0.05, 0.1) is 11.1 Å². The quantitative estimate of drug-likeness (QED) is 0.842. The number of hydrogen-bond donors (Lipinski definition) is 1. The van der Waals surface area contributed by atoms with Gasteiger partial charge in [0.15, 0.2) is 0 Å². The highest BCUT2D eigenvalue weighted by molar-refractivity contribution is 7.10. The number of likely N-dealkylation sites (N-methyl/N-ethyl adjacent to an activating group) is 1. The van der Waals surface area contributed by atoms with E-state index in [0.717, 1.165) is 18.0 Å². The Morgan fingerprint density at radius 1 is 1.42 bits per heavy atom. The Kier molecular flexibility index (Phi) is 5.29. The summed E-state index contributed by atoms with van der Waals surface area (Å²) in [6.45, 7) is 10.3. The van der Waals surface area contributed by atoms with Crippen molar-refractivity contribution in [2.24, 2.45) is 0 Å². The second kappa shape index (κ2) is 6.57. The molecule has 2 rings (SSSR count). The van der Waals surface area contributed by atoms with Crippen LogP contribution in [0, 0.1) is 0 Å². The average Bonchev–Trinajstić information content (AvgIpc) is 3.06. The molecular weight excluding hydrogens is 276 g/mol. The highest BCUT2D eigenvalue weighted by Gasteiger charge is 2.41. The predicted octanol–water partition coefficient (Wildman–Crippen LogP) is 4.32. The molecule has 0 radical (unpaired) electrons. The standard InChI is InChI=1S/C15H25ClN2S/c1-4-15(3,18-9-6-7-10-18)14(17-5-2)13-12(16)8-11-19-13/h8,11,14,17H,4-7,9-10H2,1-3H3. The summed E-state index contributed by atoms with van der Waals surface area (Å²) in [7, 11) is 0. The molecule has 0 bridgehead atoms. The predicted molar refractivity (Wildman–Crippen MR) is 85.2 cm³/mol. The zero-order valence-corrected chi connectivity index (χ0v) is 13.8. The second-order valence-corrected chi connectivity index (χ2v) is 6.88. The number of likely N-dealkylation sites (tertiary alicyclic amines) is 1. The van der Waals surface area contributed by atoms with Gasteiger partial charge in [-0.3, -0.25) is 4.90 Å². The lowest BCUT2D eigenvalue weighted by Crippen LogP contribution is -2.53. The van der Waals surface area contributed by atoms with E-state index in [9.17, 15) is 0 Å². The van der Waals surface area contributed by atoms with Crippen LogP contribution in [0.15, 0.2) is 11.4 Å². The van der Waals surface area contributed by atoms with Crippen LogP contribution in [0.1, 0.15) is 51.0 Å². The Bertz CT molecular complexity index is 401. The molecule has 1 saturated heterocycles. The molecule has 19 heavy (non-hydrogen) atoms. The van der Waals surface area contributed by atoms with Crippen molar-refractivity contribution < 1.29 is 0 Å². The Balaban J connectivity index is 2.32. The van der Waals surface area contributed by atoms with E-state index in [1.807, 2.05) is 6.07 Å². The lowest BCUT2D eigenvalue weighted by molar-refractivity contribution is 0.0861. The van der Waals surface area contributed by atoms with E-state index in [-0.39, 0.29) is 5.54 Å². The molecule has 2 heterocycles. The molecule has 1 fully saturated rings. The lowest BCUT2D eigenvalue weighted by atomic mass is 9.86. The summed E-state index contributed by atoms with van der Waals surface area (Å²) < 4.78 is 0. The summed E-state index contributed by atoms with van der Waals surface area (Å²) in [6, 6.07) is 2.35. The third kappa shape index (κ3) is 2.99. The summed E-state index contributed by atoms with van der Waals surface area (Å²) in [5.74, 6) is 0. The van der Waals surface area contributed by atoms with Crippen molar-refractivity contribution in [3.05, 3.63) is 21.3 Å². The smallest absolute Gasteiger partial charge is 0.0614 e. The molecule has 1 aliphatic heterocycles. The highest BCUT2D eigenvalue weighted by Crippen LogP contribution is 2.41. The third-order valence-electron chi connectivity index (χ3n) is 4.48. The molecule has 1 aliphatic rings. The van der Waals surface area contributed by atoms with Crippen molar-refractivity contribution in [2.45, 2.75) is 51.6 Å². The molecular formula is C15H25ClN2S. The molecule has 2 unspecified atom stereocenters. The van der Waals surface area contributed by atoms with E-state index >= 15 is 0 Å². The van der Waals surface area contributed by atoms with Gasteiger partial charge in [0.2, 0.25) is 0 Å². The maximum absolute atomic E-state index is 6.39. The maximum Gasteiger partial charge on any atom is 0.0614 e. The van der Waals surface area contributed by atoms with Gasteiger partial charge in [0.25, 0.3) is 0 Å². The Labute approximate surface area is 126 Å². The normalized spacial score (nSPS) is 21.5. The van der Waals surface area contributed by atoms with E-state index in [1.165, 1.54) is 30.8 Å². The van der Waals surface area contributed by atoms with E-state index < -0.39 is 0 Å². The fourth-order valence-corrected chi connectivity index (χ4v) is 4.53. The first-order valence-electron chi connectivity index (χ1n) is 7.34. The number of hydrogen-bond acceptors (Lipinski definition) is 3. The topological polar surface area (TPSA) is 15.3 Å². The fraction of sp³-hybridized carbons (Fsp3) is 0.733. The van der Waals surface area contributed by atoms with E-state index in [2.05, 4.69) is 36.4 Å². The molecule has 1 N–H and O–H groups in total. The van der Waals surface area contributed by atoms with Gasteiger partial charge in [-0.25, -0.2) is 0 Å². The second-order valence-electron chi connectivity index (χ2n) is 5.53. The van der Waals surface area contributed by atoms with Crippen molar-refractivity contribution in [1.82, 2.24) is 10.2 Å². The minimum absolute atomic E-state index is 0.154.